The Morgan fingerprint density at radius 2 is 2.05 bits per heavy atom. The molecule has 0 saturated carbocycles. The van der Waals surface area contributed by atoms with Crippen LogP contribution in [0.1, 0.15) is 40.3 Å². The first kappa shape index (κ1) is 14.7. The highest BCUT2D eigenvalue weighted by molar-refractivity contribution is 7.17. The summed E-state index contributed by atoms with van der Waals surface area (Å²) >= 11 is 1.27. The number of hydrogen-bond acceptors (Lipinski definition) is 3. The van der Waals surface area contributed by atoms with Gasteiger partial charge < -0.3 is 5.11 Å². The van der Waals surface area contributed by atoms with Crippen LogP contribution in [0.2, 0.25) is 0 Å². The molecular weight excluding hydrogens is 270 g/mol. The number of carboxylic acids is 1. The second kappa shape index (κ2) is 5.75. The summed E-state index contributed by atoms with van der Waals surface area (Å²) in [6.07, 6.45) is 0.697. The molecule has 0 saturated heterocycles. The average molecular weight is 289 g/mol. The highest BCUT2D eigenvalue weighted by Gasteiger charge is 2.19. The molecule has 1 aromatic carbocycles. The minimum atomic E-state index is -0.880. The van der Waals surface area contributed by atoms with E-state index in [9.17, 15) is 9.90 Å². The van der Waals surface area contributed by atoms with Crippen LogP contribution in [0.4, 0.5) is 0 Å². The number of carbonyl (C=O) groups is 1. The number of rotatable bonds is 4. The normalized spacial score (nSPS) is 11.1. The fraction of sp³-hybridized carbons (Fsp3) is 0.375. The molecule has 0 bridgehead atoms. The summed E-state index contributed by atoms with van der Waals surface area (Å²) in [6.45, 7) is 8.22. The fourth-order valence-corrected chi connectivity index (χ4v) is 3.23. The highest BCUT2D eigenvalue weighted by atomic mass is 32.1. The summed E-state index contributed by atoms with van der Waals surface area (Å²) in [6, 6.07) is 6.15. The first-order valence-corrected chi connectivity index (χ1v) is 7.50. The minimum Gasteiger partial charge on any atom is -0.477 e. The summed E-state index contributed by atoms with van der Waals surface area (Å²) in [5.74, 6) is -0.490. The molecule has 2 rings (SSSR count). The van der Waals surface area contributed by atoms with Crippen molar-refractivity contribution in [2.24, 2.45) is 5.92 Å². The van der Waals surface area contributed by atoms with Crippen LogP contribution in [0.3, 0.4) is 0 Å². The predicted octanol–water partition coefficient (Wildman–Crippen LogP) is 4.32. The molecule has 106 valence electrons. The zero-order valence-electron chi connectivity index (χ0n) is 12.2. The van der Waals surface area contributed by atoms with Crippen molar-refractivity contribution in [1.29, 1.82) is 0 Å². The molecule has 0 aliphatic rings. The molecule has 3 nitrogen and oxygen atoms in total. The SMILES string of the molecule is Cc1ccc(-c2nc(CC(C)C)c(C(=O)O)s2)c(C)c1. The van der Waals surface area contributed by atoms with E-state index < -0.39 is 5.97 Å². The van der Waals surface area contributed by atoms with Gasteiger partial charge in [-0.3, -0.25) is 0 Å². The van der Waals surface area contributed by atoms with Gasteiger partial charge in [-0.15, -0.1) is 11.3 Å². The number of aromatic carboxylic acids is 1. The van der Waals surface area contributed by atoms with Crippen LogP contribution >= 0.6 is 11.3 Å². The third-order valence-electron chi connectivity index (χ3n) is 3.11. The Bertz CT molecular complexity index is 644. The van der Waals surface area contributed by atoms with Crippen molar-refractivity contribution >= 4 is 17.3 Å². The number of aromatic nitrogens is 1. The van der Waals surface area contributed by atoms with E-state index in [-0.39, 0.29) is 0 Å². The molecule has 0 amide bonds. The van der Waals surface area contributed by atoms with Gasteiger partial charge in [0.15, 0.2) is 0 Å². The molecule has 0 unspecified atom stereocenters. The Balaban J connectivity index is 2.49. The molecule has 0 fully saturated rings. The maximum absolute atomic E-state index is 11.4. The van der Waals surface area contributed by atoms with Crippen LogP contribution in [0.5, 0.6) is 0 Å². The van der Waals surface area contributed by atoms with E-state index in [1.807, 2.05) is 26.0 Å². The van der Waals surface area contributed by atoms with E-state index in [0.717, 1.165) is 16.1 Å². The van der Waals surface area contributed by atoms with Crippen molar-refractivity contribution in [2.45, 2.75) is 34.1 Å². The Morgan fingerprint density at radius 3 is 2.60 bits per heavy atom. The summed E-state index contributed by atoms with van der Waals surface area (Å²) in [4.78, 5) is 16.3. The molecule has 0 aliphatic carbocycles. The van der Waals surface area contributed by atoms with Gasteiger partial charge in [0, 0.05) is 5.56 Å². The van der Waals surface area contributed by atoms with Crippen molar-refractivity contribution < 1.29 is 9.90 Å². The Morgan fingerprint density at radius 1 is 1.35 bits per heavy atom. The molecule has 0 radical (unpaired) electrons. The van der Waals surface area contributed by atoms with E-state index in [2.05, 4.69) is 24.9 Å². The monoisotopic (exact) mass is 289 g/mol. The zero-order valence-corrected chi connectivity index (χ0v) is 13.0. The number of nitrogens with zero attached hydrogens (tertiary/aromatic N) is 1. The van der Waals surface area contributed by atoms with Gasteiger partial charge >= 0.3 is 5.97 Å². The number of hydrogen-bond donors (Lipinski definition) is 1. The third-order valence-corrected chi connectivity index (χ3v) is 4.22. The summed E-state index contributed by atoms with van der Waals surface area (Å²) < 4.78 is 0. The minimum absolute atomic E-state index is 0.369. The first-order valence-electron chi connectivity index (χ1n) is 6.69. The molecule has 0 spiro atoms. The van der Waals surface area contributed by atoms with Crippen LogP contribution in [0, 0.1) is 19.8 Å². The Kier molecular flexibility index (Phi) is 4.23. The molecule has 2 aromatic rings. The van der Waals surface area contributed by atoms with E-state index in [1.165, 1.54) is 16.9 Å². The van der Waals surface area contributed by atoms with Gasteiger partial charge in [-0.1, -0.05) is 37.6 Å². The van der Waals surface area contributed by atoms with Crippen LogP contribution in [0.15, 0.2) is 18.2 Å². The molecule has 0 aliphatic heterocycles. The second-order valence-electron chi connectivity index (χ2n) is 5.52. The summed E-state index contributed by atoms with van der Waals surface area (Å²) in [5.41, 5.74) is 4.06. The van der Waals surface area contributed by atoms with Gasteiger partial charge in [-0.2, -0.15) is 0 Å². The number of carboxylic acid groups (broad SMARTS) is 1. The van der Waals surface area contributed by atoms with Crippen LogP contribution < -0.4 is 0 Å². The summed E-state index contributed by atoms with van der Waals surface area (Å²) in [5, 5.41) is 10.1. The molecule has 4 heteroatoms. The lowest BCUT2D eigenvalue weighted by molar-refractivity contribution is 0.0700. The average Bonchev–Trinajstić information content (AvgIpc) is 2.71. The molecular formula is C16H19NO2S. The maximum Gasteiger partial charge on any atom is 0.347 e. The smallest absolute Gasteiger partial charge is 0.347 e. The van der Waals surface area contributed by atoms with Gasteiger partial charge in [0.05, 0.1) is 5.69 Å². The lowest BCUT2D eigenvalue weighted by Gasteiger charge is -2.03. The third kappa shape index (κ3) is 3.07. The largest absolute Gasteiger partial charge is 0.477 e. The van der Waals surface area contributed by atoms with Crippen LogP contribution in [-0.4, -0.2) is 16.1 Å². The zero-order chi connectivity index (χ0) is 14.9. The Hall–Kier alpha value is -1.68. The lowest BCUT2D eigenvalue weighted by Crippen LogP contribution is -2.02. The van der Waals surface area contributed by atoms with Crippen molar-refractivity contribution in [3.63, 3.8) is 0 Å². The van der Waals surface area contributed by atoms with E-state index in [1.54, 1.807) is 0 Å². The van der Waals surface area contributed by atoms with Gasteiger partial charge in [0.2, 0.25) is 0 Å². The molecule has 1 aromatic heterocycles. The molecule has 0 atom stereocenters. The van der Waals surface area contributed by atoms with Gasteiger partial charge in [-0.05, 0) is 31.7 Å². The number of benzene rings is 1. The van der Waals surface area contributed by atoms with Crippen LogP contribution in [0.25, 0.3) is 10.6 Å². The van der Waals surface area contributed by atoms with E-state index in [0.29, 0.717) is 22.9 Å². The second-order valence-corrected chi connectivity index (χ2v) is 6.52. The van der Waals surface area contributed by atoms with Crippen molar-refractivity contribution in [3.8, 4) is 10.6 Å². The standard InChI is InChI=1S/C16H19NO2S/c1-9(2)7-13-14(16(18)19)20-15(17-13)12-6-5-10(3)8-11(12)4/h5-6,8-9H,7H2,1-4H3,(H,18,19). The van der Waals surface area contributed by atoms with Crippen molar-refractivity contribution in [3.05, 3.63) is 39.9 Å². The van der Waals surface area contributed by atoms with Crippen molar-refractivity contribution in [2.75, 3.05) is 0 Å². The quantitative estimate of drug-likeness (QED) is 0.911. The predicted molar refractivity (Wildman–Crippen MR) is 82.5 cm³/mol. The molecule has 1 heterocycles. The van der Waals surface area contributed by atoms with Gasteiger partial charge in [-0.25, -0.2) is 9.78 Å². The fourth-order valence-electron chi connectivity index (χ4n) is 2.21. The number of aryl methyl sites for hydroxylation is 2. The molecule has 20 heavy (non-hydrogen) atoms. The topological polar surface area (TPSA) is 50.2 Å². The van der Waals surface area contributed by atoms with Gasteiger partial charge in [0.25, 0.3) is 0 Å². The van der Waals surface area contributed by atoms with Crippen molar-refractivity contribution in [1.82, 2.24) is 4.98 Å². The lowest BCUT2D eigenvalue weighted by atomic mass is 10.1. The Labute approximate surface area is 123 Å². The number of thiazole rings is 1. The first-order chi connectivity index (χ1) is 9.38. The van der Waals surface area contributed by atoms with Gasteiger partial charge in [0.1, 0.15) is 9.88 Å². The molecule has 1 N–H and O–H groups in total. The highest BCUT2D eigenvalue weighted by Crippen LogP contribution is 2.31. The van der Waals surface area contributed by atoms with E-state index in [4.69, 9.17) is 0 Å². The summed E-state index contributed by atoms with van der Waals surface area (Å²) in [7, 11) is 0. The van der Waals surface area contributed by atoms with Crippen LogP contribution in [-0.2, 0) is 6.42 Å². The van der Waals surface area contributed by atoms with E-state index >= 15 is 0 Å². The maximum atomic E-state index is 11.4.